The average molecular weight is 1010 g/mol. The number of nitrogens with one attached hydrogen (secondary N) is 8. The van der Waals surface area contributed by atoms with Crippen LogP contribution in [0, 0.1) is 23.2 Å². The van der Waals surface area contributed by atoms with Crippen LogP contribution in [0.15, 0.2) is 48.5 Å². The van der Waals surface area contributed by atoms with Gasteiger partial charge in [0.25, 0.3) is 0 Å². The molecule has 8 N–H and O–H groups in total. The van der Waals surface area contributed by atoms with Crippen molar-refractivity contribution < 1.29 is 38.4 Å². The Balaban J connectivity index is 1.01. The van der Waals surface area contributed by atoms with Crippen molar-refractivity contribution in [2.75, 3.05) is 27.2 Å². The number of carbonyl (C=O) groups is 8. The number of benzene rings is 2. The van der Waals surface area contributed by atoms with Crippen LogP contribution in [-0.2, 0) is 51.2 Å². The highest BCUT2D eigenvalue weighted by Gasteiger charge is 2.47. The van der Waals surface area contributed by atoms with E-state index in [9.17, 15) is 38.4 Å². The van der Waals surface area contributed by atoms with E-state index in [1.165, 1.54) is 16.0 Å². The highest BCUT2D eigenvalue weighted by atomic mass is 16.2. The lowest BCUT2D eigenvalue weighted by molar-refractivity contribution is -0.144. The van der Waals surface area contributed by atoms with Crippen LogP contribution in [0.3, 0.4) is 0 Å². The number of aryl methyl sites for hydroxylation is 2. The van der Waals surface area contributed by atoms with Gasteiger partial charge in [-0.1, -0.05) is 76.2 Å². The van der Waals surface area contributed by atoms with E-state index < -0.39 is 59.4 Å². The summed E-state index contributed by atoms with van der Waals surface area (Å²) in [6, 6.07) is 11.5. The van der Waals surface area contributed by atoms with Gasteiger partial charge in [0.15, 0.2) is 5.78 Å². The van der Waals surface area contributed by atoms with Gasteiger partial charge < -0.3 is 47.4 Å². The summed E-state index contributed by atoms with van der Waals surface area (Å²) in [5.74, 6) is -3.20. The number of rotatable bonds is 22. The minimum Gasteiger partial charge on any atom is -0.356 e. The molecule has 0 bridgehead atoms. The lowest BCUT2D eigenvalue weighted by Crippen LogP contribution is -2.59. The summed E-state index contributed by atoms with van der Waals surface area (Å²) in [4.78, 5) is 111. The van der Waals surface area contributed by atoms with Crippen molar-refractivity contribution in [1.29, 1.82) is 0 Å². The third kappa shape index (κ3) is 15.0. The largest absolute Gasteiger partial charge is 0.356 e. The van der Waals surface area contributed by atoms with Crippen LogP contribution in [0.25, 0.3) is 0 Å². The predicted octanol–water partition coefficient (Wildman–Crippen LogP) is 3.99. The lowest BCUT2D eigenvalue weighted by atomic mass is 9.84. The Kier molecular flexibility index (Phi) is 20.2. The summed E-state index contributed by atoms with van der Waals surface area (Å²) in [6.07, 6.45) is 7.68. The molecule has 1 aliphatic heterocycles. The fourth-order valence-electron chi connectivity index (χ4n) is 11.2. The molecule has 1 saturated carbocycles. The molecule has 73 heavy (non-hydrogen) atoms. The van der Waals surface area contributed by atoms with Gasteiger partial charge in [-0.05, 0) is 139 Å². The fourth-order valence-corrected chi connectivity index (χ4v) is 11.2. The highest BCUT2D eigenvalue weighted by Crippen LogP contribution is 2.39. The zero-order valence-corrected chi connectivity index (χ0v) is 44.5. The fraction of sp³-hybridized carbons (Fsp3) is 0.643. The van der Waals surface area contributed by atoms with Gasteiger partial charge in [-0.3, -0.25) is 38.4 Å². The molecule has 2 fully saturated rings. The molecule has 400 valence electrons. The van der Waals surface area contributed by atoms with E-state index in [1.54, 1.807) is 27.9 Å². The minimum absolute atomic E-state index is 0.0320. The maximum Gasteiger partial charge on any atom is 0.246 e. The van der Waals surface area contributed by atoms with Crippen molar-refractivity contribution in [2.45, 2.75) is 180 Å². The number of hydrogen-bond acceptors (Lipinski definition) is 10. The van der Waals surface area contributed by atoms with Crippen LogP contribution in [-0.4, -0.2) is 115 Å². The van der Waals surface area contributed by atoms with Crippen molar-refractivity contribution in [3.05, 3.63) is 70.8 Å². The maximum atomic E-state index is 14.5. The number of hydrogen-bond donors (Lipinski definition) is 8. The normalized spacial score (nSPS) is 24.1. The first-order chi connectivity index (χ1) is 34.8. The van der Waals surface area contributed by atoms with Crippen molar-refractivity contribution in [3.8, 4) is 0 Å². The second kappa shape index (κ2) is 26.0. The summed E-state index contributed by atoms with van der Waals surface area (Å²) in [6.45, 7) is 11.3. The number of likely N-dealkylation sites (N-methyl/N-ethyl adjacent to an activating group) is 2. The van der Waals surface area contributed by atoms with Gasteiger partial charge in [-0.2, -0.15) is 0 Å². The Morgan fingerprint density at radius 2 is 1.22 bits per heavy atom. The van der Waals surface area contributed by atoms with Gasteiger partial charge in [0, 0.05) is 43.8 Å². The number of ketones is 1. The first-order valence-corrected chi connectivity index (χ1v) is 26.9. The number of likely N-dealkylation sites (tertiary alicyclic amines) is 1. The smallest absolute Gasteiger partial charge is 0.246 e. The summed E-state index contributed by atoms with van der Waals surface area (Å²) in [5, 5.41) is 24.1. The van der Waals surface area contributed by atoms with Gasteiger partial charge in [0.2, 0.25) is 41.4 Å². The zero-order chi connectivity index (χ0) is 53.0. The van der Waals surface area contributed by atoms with Gasteiger partial charge in [-0.15, -0.1) is 0 Å². The van der Waals surface area contributed by atoms with E-state index in [0.29, 0.717) is 19.3 Å². The van der Waals surface area contributed by atoms with Gasteiger partial charge in [0.1, 0.15) is 12.1 Å². The molecule has 6 rings (SSSR count). The molecule has 1 heterocycles. The first-order valence-electron chi connectivity index (χ1n) is 26.9. The van der Waals surface area contributed by atoms with Gasteiger partial charge >= 0.3 is 0 Å². The summed E-state index contributed by atoms with van der Waals surface area (Å²) in [7, 11) is 3.33. The Labute approximate surface area is 432 Å². The van der Waals surface area contributed by atoms with Crippen LogP contribution in [0.2, 0.25) is 0 Å². The van der Waals surface area contributed by atoms with Gasteiger partial charge in [-0.25, -0.2) is 0 Å². The number of carbonyl (C=O) groups excluding carboxylic acids is 8. The zero-order valence-electron chi connectivity index (χ0n) is 44.5. The summed E-state index contributed by atoms with van der Waals surface area (Å²) in [5.41, 5.74) is 3.90. The highest BCUT2D eigenvalue weighted by molar-refractivity contribution is 5.96. The molecule has 2 aromatic carbocycles. The third-order valence-electron chi connectivity index (χ3n) is 15.6. The minimum atomic E-state index is -0.950. The lowest BCUT2D eigenvalue weighted by Gasteiger charge is -2.36. The maximum absolute atomic E-state index is 14.5. The molecule has 1 saturated heterocycles. The molecule has 7 amide bonds. The van der Waals surface area contributed by atoms with Crippen LogP contribution < -0.4 is 42.5 Å². The molecule has 2 aromatic rings. The van der Waals surface area contributed by atoms with Gasteiger partial charge in [0.05, 0.1) is 30.2 Å². The summed E-state index contributed by atoms with van der Waals surface area (Å²) >= 11 is 0. The third-order valence-corrected chi connectivity index (χ3v) is 15.6. The molecular weight excluding hydrogens is 927 g/mol. The van der Waals surface area contributed by atoms with E-state index in [4.69, 9.17) is 0 Å². The molecule has 17 heteroatoms. The van der Waals surface area contributed by atoms with Crippen LogP contribution in [0.1, 0.15) is 153 Å². The van der Waals surface area contributed by atoms with Crippen molar-refractivity contribution in [3.63, 3.8) is 0 Å². The van der Waals surface area contributed by atoms with Crippen molar-refractivity contribution in [2.24, 2.45) is 23.2 Å². The number of Topliss-reactive ketones (excluding diaryl/α,β-unsaturated/α-hetero) is 1. The number of fused-ring (bicyclic) bond motifs is 2. The number of amides is 7. The standard InChI is InChI=1S/C56H83N9O8/c1-33-29-41(42(30-33)53(71)61-43-23-13-19-36-17-9-11-21-39(36)43)49(68)45(63-51(69)34(2)57-7)25-16-28-59-47(66)26-15-27-48(67)60-38-31-46(54(72)62-44-24-14-20-37-18-10-12-22-40(37)44)65(32-38)55(73)50(56(4,5)6)64-52(70)35(3)58-8/h9-12,17-18,21-22,33-35,38,41-46,50,57-58H,13-16,19-20,23-32H2,1-8H3,(H,59,66)(H,60,67)(H,61,71)(H,62,72)(H,63,69)(H,64,70)/t33-,34+,35+,38+,41?,42-,43-,44-,45+,46+,50-/m1/s1. The number of nitrogens with zero attached hydrogens (tertiary/aromatic N) is 1. The Morgan fingerprint density at radius 1 is 0.671 bits per heavy atom. The molecule has 11 atom stereocenters. The monoisotopic (exact) mass is 1010 g/mol. The molecule has 1 unspecified atom stereocenters. The van der Waals surface area contributed by atoms with E-state index in [1.807, 2.05) is 51.1 Å². The summed E-state index contributed by atoms with van der Waals surface area (Å²) < 4.78 is 0. The van der Waals surface area contributed by atoms with Crippen molar-refractivity contribution in [1.82, 2.24) is 47.4 Å². The molecule has 3 aliphatic carbocycles. The molecular formula is C56H83N9O8. The molecule has 4 aliphatic rings. The van der Waals surface area contributed by atoms with E-state index >= 15 is 0 Å². The molecule has 0 aromatic heterocycles. The first kappa shape index (κ1) is 56.6. The predicted molar refractivity (Wildman–Crippen MR) is 279 cm³/mol. The molecule has 0 radical (unpaired) electrons. The Hall–Kier alpha value is -5.68. The van der Waals surface area contributed by atoms with Crippen LogP contribution in [0.5, 0.6) is 0 Å². The Morgan fingerprint density at radius 3 is 1.81 bits per heavy atom. The van der Waals surface area contributed by atoms with E-state index in [0.717, 1.165) is 49.7 Å². The Bertz CT molecular complexity index is 2300. The topological polar surface area (TPSA) is 236 Å². The SMILES string of the molecule is CN[C@@H](C)C(=O)N[C@@H](CCCNC(=O)CCCC(=O)N[C@H]1C[C@@H](C(=O)N[C@@H]2CCCc3ccccc32)N(C(=O)[C@@H](NC(=O)[C@H](C)NC)C(C)(C)C)C1)C(=O)C1C[C@@H](C)C[C@H]1C(=O)N[C@@H]1CCCc2ccccc21. The quantitative estimate of drug-likeness (QED) is 0.0791. The van der Waals surface area contributed by atoms with E-state index in [2.05, 4.69) is 67.7 Å². The second-order valence-corrected chi connectivity index (χ2v) is 22.2. The second-order valence-electron chi connectivity index (χ2n) is 22.2. The average Bonchev–Trinajstić information content (AvgIpc) is 3.99. The molecule has 17 nitrogen and oxygen atoms in total. The van der Waals surface area contributed by atoms with Crippen LogP contribution in [0.4, 0.5) is 0 Å². The van der Waals surface area contributed by atoms with E-state index in [-0.39, 0.29) is 104 Å². The molecule has 0 spiro atoms. The van der Waals surface area contributed by atoms with Crippen LogP contribution >= 0.6 is 0 Å². The van der Waals surface area contributed by atoms with Crippen molar-refractivity contribution >= 4 is 47.1 Å².